The molecule has 0 saturated carbocycles. The molecule has 0 bridgehead atoms. The Kier molecular flexibility index (Phi) is 2.81. The van der Waals surface area contributed by atoms with Gasteiger partial charge in [-0.2, -0.15) is 0 Å². The van der Waals surface area contributed by atoms with Crippen LogP contribution in [0.3, 0.4) is 0 Å². The number of fused-ring (bicyclic) bond motifs is 1. The second-order valence-corrected chi connectivity index (χ2v) is 5.23. The maximum atomic E-state index is 12.3. The number of imide groups is 1. The van der Waals surface area contributed by atoms with Crippen molar-refractivity contribution in [2.24, 2.45) is 5.92 Å². The number of ether oxygens (including phenoxy) is 2. The quantitative estimate of drug-likeness (QED) is 0.794. The van der Waals surface area contributed by atoms with Crippen LogP contribution in [-0.4, -0.2) is 25.2 Å². The molecule has 2 aliphatic rings. The van der Waals surface area contributed by atoms with Crippen LogP contribution in [0.2, 0.25) is 0 Å². The molecule has 1 unspecified atom stereocenters. The molecule has 0 aliphatic carbocycles. The number of benzene rings is 1. The maximum Gasteiger partial charge on any atom is 0.322 e. The Balaban J connectivity index is 2.09. The molecule has 2 aliphatic heterocycles. The summed E-state index contributed by atoms with van der Waals surface area (Å²) < 4.78 is 11.0. The smallest absolute Gasteiger partial charge is 0.322 e. The van der Waals surface area contributed by atoms with Gasteiger partial charge in [0.25, 0.3) is 5.91 Å². The number of amides is 3. The fourth-order valence-electron chi connectivity index (χ4n) is 2.70. The second kappa shape index (κ2) is 4.40. The molecule has 20 heavy (non-hydrogen) atoms. The van der Waals surface area contributed by atoms with E-state index in [2.05, 4.69) is 10.6 Å². The van der Waals surface area contributed by atoms with Crippen molar-refractivity contribution in [2.45, 2.75) is 19.4 Å². The Labute approximate surface area is 116 Å². The lowest BCUT2D eigenvalue weighted by Crippen LogP contribution is -2.48. The van der Waals surface area contributed by atoms with E-state index in [9.17, 15) is 9.59 Å². The zero-order valence-electron chi connectivity index (χ0n) is 11.4. The summed E-state index contributed by atoms with van der Waals surface area (Å²) in [4.78, 5) is 23.8. The van der Waals surface area contributed by atoms with Crippen LogP contribution in [-0.2, 0) is 10.3 Å². The van der Waals surface area contributed by atoms with Gasteiger partial charge in [-0.15, -0.1) is 0 Å². The van der Waals surface area contributed by atoms with Crippen LogP contribution >= 0.6 is 0 Å². The van der Waals surface area contributed by atoms with Gasteiger partial charge < -0.3 is 14.8 Å². The first-order valence-electron chi connectivity index (χ1n) is 6.58. The Hall–Kier alpha value is -2.24. The number of hydrogen-bond acceptors (Lipinski definition) is 4. The molecule has 0 spiro atoms. The number of rotatable bonds is 2. The molecule has 0 radical (unpaired) electrons. The van der Waals surface area contributed by atoms with Crippen LogP contribution in [0.15, 0.2) is 18.2 Å². The summed E-state index contributed by atoms with van der Waals surface area (Å²) in [6.07, 6.45) is 0. The molecule has 2 N–H and O–H groups in total. The van der Waals surface area contributed by atoms with Crippen molar-refractivity contribution in [2.75, 3.05) is 13.2 Å². The number of nitrogens with one attached hydrogen (secondary N) is 2. The van der Waals surface area contributed by atoms with Gasteiger partial charge in [-0.1, -0.05) is 19.9 Å². The lowest BCUT2D eigenvalue weighted by Gasteiger charge is -2.31. The van der Waals surface area contributed by atoms with Crippen LogP contribution in [0.25, 0.3) is 0 Å². The number of carbonyl (C=O) groups is 2. The van der Waals surface area contributed by atoms with E-state index in [0.29, 0.717) is 30.3 Å². The Bertz CT molecular complexity index is 585. The average Bonchev–Trinajstić information content (AvgIpc) is 2.74. The minimum atomic E-state index is -1.06. The van der Waals surface area contributed by atoms with Crippen LogP contribution in [0.1, 0.15) is 19.4 Å². The molecule has 0 aromatic heterocycles. The minimum Gasteiger partial charge on any atom is -0.486 e. The summed E-state index contributed by atoms with van der Waals surface area (Å²) in [5, 5.41) is 5.05. The first-order valence-corrected chi connectivity index (χ1v) is 6.58. The molecular weight excluding hydrogens is 260 g/mol. The maximum absolute atomic E-state index is 12.3. The normalized spacial score (nSPS) is 24.6. The Morgan fingerprint density at radius 1 is 1.15 bits per heavy atom. The van der Waals surface area contributed by atoms with Crippen molar-refractivity contribution < 1.29 is 19.1 Å². The van der Waals surface area contributed by atoms with Crippen molar-refractivity contribution in [3.63, 3.8) is 0 Å². The van der Waals surface area contributed by atoms with Gasteiger partial charge in [-0.05, 0) is 23.6 Å². The largest absolute Gasteiger partial charge is 0.486 e. The lowest BCUT2D eigenvalue weighted by atomic mass is 9.80. The predicted molar refractivity (Wildman–Crippen MR) is 70.6 cm³/mol. The van der Waals surface area contributed by atoms with Gasteiger partial charge in [0, 0.05) is 0 Å². The molecule has 3 amide bonds. The van der Waals surface area contributed by atoms with Crippen LogP contribution in [0, 0.1) is 5.92 Å². The van der Waals surface area contributed by atoms with Crippen LogP contribution in [0.4, 0.5) is 4.79 Å². The first kappa shape index (κ1) is 12.8. The Morgan fingerprint density at radius 3 is 2.45 bits per heavy atom. The fourth-order valence-corrected chi connectivity index (χ4v) is 2.70. The minimum absolute atomic E-state index is 0.100. The third-order valence-electron chi connectivity index (χ3n) is 3.76. The summed E-state index contributed by atoms with van der Waals surface area (Å²) in [6.45, 7) is 4.77. The fraction of sp³-hybridized carbons (Fsp3) is 0.429. The molecule has 2 heterocycles. The van der Waals surface area contributed by atoms with E-state index in [-0.39, 0.29) is 11.8 Å². The zero-order valence-corrected chi connectivity index (χ0v) is 11.4. The van der Waals surface area contributed by atoms with E-state index in [1.54, 1.807) is 18.2 Å². The number of urea groups is 1. The van der Waals surface area contributed by atoms with Crippen LogP contribution < -0.4 is 20.1 Å². The summed E-state index contributed by atoms with van der Waals surface area (Å²) in [6, 6.07) is 4.85. The third kappa shape index (κ3) is 1.71. The highest BCUT2D eigenvalue weighted by molar-refractivity contribution is 6.07. The monoisotopic (exact) mass is 276 g/mol. The van der Waals surface area contributed by atoms with Gasteiger partial charge >= 0.3 is 6.03 Å². The first-order chi connectivity index (χ1) is 9.54. The summed E-state index contributed by atoms with van der Waals surface area (Å²) >= 11 is 0. The second-order valence-electron chi connectivity index (χ2n) is 5.23. The third-order valence-corrected chi connectivity index (χ3v) is 3.76. The topological polar surface area (TPSA) is 76.7 Å². The van der Waals surface area contributed by atoms with Crippen molar-refractivity contribution in [3.8, 4) is 11.5 Å². The van der Waals surface area contributed by atoms with Crippen molar-refractivity contribution >= 4 is 11.9 Å². The molecule has 1 atom stereocenters. The standard InChI is InChI=1S/C14H16N2O4/c1-8(2)14(12(17)15-13(18)16-14)9-3-4-10-11(7-9)20-6-5-19-10/h3-4,7-8H,5-6H2,1-2H3,(H2,15,16,17,18). The molecule has 1 saturated heterocycles. The Morgan fingerprint density at radius 2 is 1.85 bits per heavy atom. The van der Waals surface area contributed by atoms with Crippen molar-refractivity contribution in [1.82, 2.24) is 10.6 Å². The van der Waals surface area contributed by atoms with Gasteiger partial charge in [0.15, 0.2) is 11.5 Å². The summed E-state index contributed by atoms with van der Waals surface area (Å²) in [7, 11) is 0. The van der Waals surface area contributed by atoms with E-state index in [1.807, 2.05) is 13.8 Å². The molecule has 6 nitrogen and oxygen atoms in total. The lowest BCUT2D eigenvalue weighted by molar-refractivity contribution is -0.125. The van der Waals surface area contributed by atoms with E-state index < -0.39 is 11.6 Å². The van der Waals surface area contributed by atoms with Gasteiger partial charge in [-0.25, -0.2) is 4.79 Å². The van der Waals surface area contributed by atoms with Gasteiger partial charge in [0.05, 0.1) is 0 Å². The zero-order chi connectivity index (χ0) is 14.3. The molecule has 6 heteroatoms. The summed E-state index contributed by atoms with van der Waals surface area (Å²) in [5.74, 6) is 0.817. The van der Waals surface area contributed by atoms with E-state index >= 15 is 0 Å². The molecule has 106 valence electrons. The summed E-state index contributed by atoms with van der Waals surface area (Å²) in [5.41, 5.74) is -0.368. The van der Waals surface area contributed by atoms with E-state index in [4.69, 9.17) is 9.47 Å². The average molecular weight is 276 g/mol. The SMILES string of the molecule is CC(C)C1(c2ccc3c(c2)OCCO3)NC(=O)NC1=O. The molecule has 1 aromatic carbocycles. The highest BCUT2D eigenvalue weighted by Crippen LogP contribution is 2.38. The van der Waals surface area contributed by atoms with Crippen molar-refractivity contribution in [3.05, 3.63) is 23.8 Å². The van der Waals surface area contributed by atoms with Crippen LogP contribution in [0.5, 0.6) is 11.5 Å². The molecular formula is C14H16N2O4. The molecule has 1 aromatic rings. The van der Waals surface area contributed by atoms with Gasteiger partial charge in [0.1, 0.15) is 18.8 Å². The molecule has 1 fully saturated rings. The van der Waals surface area contributed by atoms with E-state index in [0.717, 1.165) is 0 Å². The predicted octanol–water partition coefficient (Wildman–Crippen LogP) is 1.15. The van der Waals surface area contributed by atoms with Gasteiger partial charge in [-0.3, -0.25) is 10.1 Å². The number of carbonyl (C=O) groups excluding carboxylic acids is 2. The molecule has 3 rings (SSSR count). The van der Waals surface area contributed by atoms with E-state index in [1.165, 1.54) is 0 Å². The number of hydrogen-bond donors (Lipinski definition) is 2. The van der Waals surface area contributed by atoms with Gasteiger partial charge in [0.2, 0.25) is 0 Å². The highest BCUT2D eigenvalue weighted by atomic mass is 16.6. The van der Waals surface area contributed by atoms with Crippen molar-refractivity contribution in [1.29, 1.82) is 0 Å². The highest BCUT2D eigenvalue weighted by Gasteiger charge is 2.50.